The molecule has 0 aliphatic carbocycles. The average molecular weight is 262 g/mol. The first-order valence-electron chi connectivity index (χ1n) is 7.16. The highest BCUT2D eigenvalue weighted by Gasteiger charge is 2.21. The number of hydrogen-bond donors (Lipinski definition) is 1. The first-order valence-corrected chi connectivity index (χ1v) is 7.16. The van der Waals surface area contributed by atoms with Gasteiger partial charge in [0, 0.05) is 19.6 Å². The summed E-state index contributed by atoms with van der Waals surface area (Å²) in [7, 11) is 0. The molecular formula is C16H26N2O. The molecule has 0 aliphatic heterocycles. The third-order valence-corrected chi connectivity index (χ3v) is 3.43. The van der Waals surface area contributed by atoms with E-state index in [0.29, 0.717) is 13.1 Å². The van der Waals surface area contributed by atoms with Crippen LogP contribution in [0.25, 0.3) is 0 Å². The largest absolute Gasteiger partial charge is 0.338 e. The summed E-state index contributed by atoms with van der Waals surface area (Å²) in [5.74, 6) is 0.143. The van der Waals surface area contributed by atoms with E-state index in [9.17, 15) is 4.79 Å². The predicted octanol–water partition coefficient (Wildman–Crippen LogP) is 2.72. The van der Waals surface area contributed by atoms with Crippen LogP contribution in [-0.4, -0.2) is 23.9 Å². The van der Waals surface area contributed by atoms with Crippen LogP contribution in [0.5, 0.6) is 0 Å². The molecule has 1 unspecified atom stereocenters. The molecule has 0 aliphatic rings. The van der Waals surface area contributed by atoms with Gasteiger partial charge in [-0.05, 0) is 25.3 Å². The van der Waals surface area contributed by atoms with Crippen molar-refractivity contribution in [2.24, 2.45) is 11.7 Å². The van der Waals surface area contributed by atoms with Crippen molar-refractivity contribution < 1.29 is 4.79 Å². The van der Waals surface area contributed by atoms with Crippen LogP contribution < -0.4 is 5.73 Å². The molecule has 0 heterocycles. The zero-order chi connectivity index (χ0) is 14.3. The van der Waals surface area contributed by atoms with Crippen molar-refractivity contribution in [2.75, 3.05) is 13.1 Å². The lowest BCUT2D eigenvalue weighted by Gasteiger charge is -2.26. The van der Waals surface area contributed by atoms with Gasteiger partial charge in [-0.25, -0.2) is 0 Å². The van der Waals surface area contributed by atoms with Crippen molar-refractivity contribution in [2.45, 2.75) is 40.2 Å². The molecule has 0 saturated carbocycles. The molecule has 1 amide bonds. The SMILES string of the molecule is CCCN(Cc1ccc(C)cc1)C(=O)C(CC)CN. The second kappa shape index (κ2) is 7.95. The minimum atomic E-state index is -0.0444. The molecule has 3 heteroatoms. The first-order chi connectivity index (χ1) is 9.12. The van der Waals surface area contributed by atoms with Crippen LogP contribution in [0.3, 0.4) is 0 Å². The summed E-state index contributed by atoms with van der Waals surface area (Å²) in [6, 6.07) is 8.36. The van der Waals surface area contributed by atoms with Gasteiger partial charge in [0.1, 0.15) is 0 Å². The van der Waals surface area contributed by atoms with E-state index in [4.69, 9.17) is 5.73 Å². The fourth-order valence-electron chi connectivity index (χ4n) is 2.15. The fraction of sp³-hybridized carbons (Fsp3) is 0.562. The summed E-state index contributed by atoms with van der Waals surface area (Å²) in [6.07, 6.45) is 1.78. The second-order valence-corrected chi connectivity index (χ2v) is 5.09. The van der Waals surface area contributed by atoms with Gasteiger partial charge in [0.2, 0.25) is 5.91 Å². The molecule has 0 fully saturated rings. The van der Waals surface area contributed by atoms with Crippen molar-refractivity contribution in [3.05, 3.63) is 35.4 Å². The maximum absolute atomic E-state index is 12.4. The van der Waals surface area contributed by atoms with E-state index in [2.05, 4.69) is 38.1 Å². The van der Waals surface area contributed by atoms with E-state index >= 15 is 0 Å². The molecule has 0 aromatic heterocycles. The van der Waals surface area contributed by atoms with E-state index in [0.717, 1.165) is 19.4 Å². The molecule has 19 heavy (non-hydrogen) atoms. The third-order valence-electron chi connectivity index (χ3n) is 3.43. The van der Waals surface area contributed by atoms with E-state index in [-0.39, 0.29) is 11.8 Å². The summed E-state index contributed by atoms with van der Waals surface area (Å²) < 4.78 is 0. The van der Waals surface area contributed by atoms with E-state index < -0.39 is 0 Å². The topological polar surface area (TPSA) is 46.3 Å². The zero-order valence-corrected chi connectivity index (χ0v) is 12.4. The van der Waals surface area contributed by atoms with Gasteiger partial charge in [0.15, 0.2) is 0 Å². The van der Waals surface area contributed by atoms with Crippen molar-refractivity contribution in [3.8, 4) is 0 Å². The van der Waals surface area contributed by atoms with E-state index in [1.54, 1.807) is 0 Å². The molecule has 3 nitrogen and oxygen atoms in total. The summed E-state index contributed by atoms with van der Waals surface area (Å²) in [5.41, 5.74) is 8.11. The fourth-order valence-corrected chi connectivity index (χ4v) is 2.15. The number of nitrogens with two attached hydrogens (primary N) is 1. The number of rotatable bonds is 7. The van der Waals surface area contributed by atoms with Gasteiger partial charge in [-0.15, -0.1) is 0 Å². The van der Waals surface area contributed by atoms with Gasteiger partial charge in [-0.3, -0.25) is 4.79 Å². The van der Waals surface area contributed by atoms with Crippen LogP contribution in [-0.2, 0) is 11.3 Å². The van der Waals surface area contributed by atoms with Gasteiger partial charge >= 0.3 is 0 Å². The molecule has 0 radical (unpaired) electrons. The number of nitrogens with zero attached hydrogens (tertiary/aromatic N) is 1. The number of hydrogen-bond acceptors (Lipinski definition) is 2. The number of aryl methyl sites for hydroxylation is 1. The maximum atomic E-state index is 12.4. The zero-order valence-electron chi connectivity index (χ0n) is 12.4. The Morgan fingerprint density at radius 3 is 2.37 bits per heavy atom. The molecule has 0 saturated heterocycles. The summed E-state index contributed by atoms with van der Waals surface area (Å²) in [4.78, 5) is 14.3. The second-order valence-electron chi connectivity index (χ2n) is 5.09. The van der Waals surface area contributed by atoms with Crippen LogP contribution in [0.1, 0.15) is 37.8 Å². The monoisotopic (exact) mass is 262 g/mol. The van der Waals surface area contributed by atoms with Gasteiger partial charge in [-0.2, -0.15) is 0 Å². The number of amides is 1. The quantitative estimate of drug-likeness (QED) is 0.821. The Kier molecular flexibility index (Phi) is 6.57. The smallest absolute Gasteiger partial charge is 0.227 e. The summed E-state index contributed by atoms with van der Waals surface area (Å²) in [5, 5.41) is 0. The van der Waals surface area contributed by atoms with Crippen LogP contribution >= 0.6 is 0 Å². The van der Waals surface area contributed by atoms with Crippen LogP contribution in [0.2, 0.25) is 0 Å². The van der Waals surface area contributed by atoms with E-state index in [1.165, 1.54) is 11.1 Å². The summed E-state index contributed by atoms with van der Waals surface area (Å²) in [6.45, 7) is 8.10. The predicted molar refractivity (Wildman–Crippen MR) is 79.7 cm³/mol. The standard InChI is InChI=1S/C16H26N2O/c1-4-10-18(16(19)15(5-2)11-17)12-14-8-6-13(3)7-9-14/h6-9,15H,4-5,10-12,17H2,1-3H3. The lowest BCUT2D eigenvalue weighted by molar-refractivity contribution is -0.136. The van der Waals surface area contributed by atoms with Crippen molar-refractivity contribution in [3.63, 3.8) is 0 Å². The highest BCUT2D eigenvalue weighted by molar-refractivity contribution is 5.79. The number of carbonyl (C=O) groups is 1. The number of benzene rings is 1. The van der Waals surface area contributed by atoms with Crippen molar-refractivity contribution in [1.82, 2.24) is 4.90 Å². The molecule has 1 aromatic rings. The number of carbonyl (C=O) groups excluding carboxylic acids is 1. The minimum absolute atomic E-state index is 0.0444. The van der Waals surface area contributed by atoms with Crippen LogP contribution in [0.4, 0.5) is 0 Å². The molecule has 1 rings (SSSR count). The molecule has 1 aromatic carbocycles. The Morgan fingerprint density at radius 2 is 1.89 bits per heavy atom. The van der Waals surface area contributed by atoms with Crippen LogP contribution in [0, 0.1) is 12.8 Å². The molecule has 1 atom stereocenters. The minimum Gasteiger partial charge on any atom is -0.338 e. The molecule has 2 N–H and O–H groups in total. The lowest BCUT2D eigenvalue weighted by Crippen LogP contribution is -2.39. The van der Waals surface area contributed by atoms with Crippen LogP contribution in [0.15, 0.2) is 24.3 Å². The Morgan fingerprint density at radius 1 is 1.26 bits per heavy atom. The molecule has 106 valence electrons. The van der Waals surface area contributed by atoms with Crippen molar-refractivity contribution >= 4 is 5.91 Å². The highest BCUT2D eigenvalue weighted by Crippen LogP contribution is 2.12. The summed E-state index contributed by atoms with van der Waals surface area (Å²) >= 11 is 0. The van der Waals surface area contributed by atoms with Gasteiger partial charge in [0.05, 0.1) is 5.92 Å². The van der Waals surface area contributed by atoms with Gasteiger partial charge in [-0.1, -0.05) is 43.7 Å². The Hall–Kier alpha value is -1.35. The van der Waals surface area contributed by atoms with Gasteiger partial charge < -0.3 is 10.6 Å². The Balaban J connectivity index is 2.76. The molecule has 0 bridgehead atoms. The highest BCUT2D eigenvalue weighted by atomic mass is 16.2. The molecule has 0 spiro atoms. The van der Waals surface area contributed by atoms with E-state index in [1.807, 2.05) is 11.8 Å². The maximum Gasteiger partial charge on any atom is 0.227 e. The molecular weight excluding hydrogens is 236 g/mol. The van der Waals surface area contributed by atoms with Gasteiger partial charge in [0.25, 0.3) is 0 Å². The average Bonchev–Trinajstić information content (AvgIpc) is 2.42. The van der Waals surface area contributed by atoms with Crippen molar-refractivity contribution in [1.29, 1.82) is 0 Å². The Labute approximate surface area is 116 Å². The Bertz CT molecular complexity index is 382. The normalized spacial score (nSPS) is 12.2. The third kappa shape index (κ3) is 4.67. The lowest BCUT2D eigenvalue weighted by atomic mass is 10.0. The first kappa shape index (κ1) is 15.7.